The van der Waals surface area contributed by atoms with E-state index in [0.717, 1.165) is 19.5 Å². The van der Waals surface area contributed by atoms with Gasteiger partial charge in [0.05, 0.1) is 0 Å². The van der Waals surface area contributed by atoms with Gasteiger partial charge in [-0.15, -0.1) is 0 Å². The molecule has 2 fully saturated rings. The SMILES string of the molecule is O=C(CC1CC2(CCNCC2)c2ccccc21)NC1CC1. The van der Waals surface area contributed by atoms with Crippen LogP contribution in [0.25, 0.3) is 0 Å². The Labute approximate surface area is 126 Å². The van der Waals surface area contributed by atoms with Gasteiger partial charge in [0, 0.05) is 12.5 Å². The second kappa shape index (κ2) is 5.13. The van der Waals surface area contributed by atoms with E-state index in [1.807, 2.05) is 0 Å². The molecule has 0 radical (unpaired) electrons. The number of amides is 1. The van der Waals surface area contributed by atoms with Crippen LogP contribution in [0.15, 0.2) is 24.3 Å². The normalized spacial score (nSPS) is 26.6. The average molecular weight is 284 g/mol. The molecule has 3 heteroatoms. The summed E-state index contributed by atoms with van der Waals surface area (Å²) in [6.45, 7) is 2.21. The number of nitrogens with one attached hydrogen (secondary N) is 2. The van der Waals surface area contributed by atoms with Gasteiger partial charge in [-0.25, -0.2) is 0 Å². The number of fused-ring (bicyclic) bond motifs is 2. The quantitative estimate of drug-likeness (QED) is 0.895. The molecular weight excluding hydrogens is 260 g/mol. The van der Waals surface area contributed by atoms with Gasteiger partial charge in [0.2, 0.25) is 5.91 Å². The highest BCUT2D eigenvalue weighted by molar-refractivity contribution is 5.78. The maximum atomic E-state index is 12.2. The predicted octanol–water partition coefficient (Wildman–Crippen LogP) is 2.46. The number of carbonyl (C=O) groups is 1. The lowest BCUT2D eigenvalue weighted by atomic mass is 9.73. The van der Waals surface area contributed by atoms with Crippen molar-refractivity contribution in [2.24, 2.45) is 0 Å². The van der Waals surface area contributed by atoms with Crippen molar-refractivity contribution in [1.82, 2.24) is 10.6 Å². The van der Waals surface area contributed by atoms with E-state index >= 15 is 0 Å². The van der Waals surface area contributed by atoms with Gasteiger partial charge in [0.15, 0.2) is 0 Å². The van der Waals surface area contributed by atoms with Crippen LogP contribution >= 0.6 is 0 Å². The van der Waals surface area contributed by atoms with Crippen LogP contribution in [-0.4, -0.2) is 25.0 Å². The lowest BCUT2D eigenvalue weighted by Gasteiger charge is -2.35. The standard InChI is InChI=1S/C18H24N2O/c21-17(20-14-5-6-14)11-13-12-18(7-9-19-10-8-18)16-4-2-1-3-15(13)16/h1-4,13-14,19H,5-12H2,(H,20,21). The van der Waals surface area contributed by atoms with Crippen LogP contribution in [0.3, 0.4) is 0 Å². The van der Waals surface area contributed by atoms with E-state index in [1.165, 1.54) is 36.8 Å². The van der Waals surface area contributed by atoms with Gasteiger partial charge in [-0.05, 0) is 67.7 Å². The van der Waals surface area contributed by atoms with Crippen LogP contribution in [0.4, 0.5) is 0 Å². The fourth-order valence-corrected chi connectivity index (χ4v) is 4.33. The third-order valence-corrected chi connectivity index (χ3v) is 5.54. The Bertz CT molecular complexity index is 544. The van der Waals surface area contributed by atoms with Crippen molar-refractivity contribution in [3.8, 4) is 0 Å². The molecule has 1 aliphatic heterocycles. The summed E-state index contributed by atoms with van der Waals surface area (Å²) < 4.78 is 0. The van der Waals surface area contributed by atoms with Gasteiger partial charge in [0.25, 0.3) is 0 Å². The summed E-state index contributed by atoms with van der Waals surface area (Å²) in [4.78, 5) is 12.2. The molecule has 1 unspecified atom stereocenters. The molecule has 1 saturated carbocycles. The van der Waals surface area contributed by atoms with Crippen LogP contribution in [0.5, 0.6) is 0 Å². The summed E-state index contributed by atoms with van der Waals surface area (Å²) in [6, 6.07) is 9.32. The Kier molecular flexibility index (Phi) is 3.26. The van der Waals surface area contributed by atoms with E-state index in [4.69, 9.17) is 0 Å². The summed E-state index contributed by atoms with van der Waals surface area (Å²) in [5, 5.41) is 6.63. The predicted molar refractivity (Wildman–Crippen MR) is 83.4 cm³/mol. The van der Waals surface area contributed by atoms with Gasteiger partial charge in [0.1, 0.15) is 0 Å². The van der Waals surface area contributed by atoms with Crippen molar-refractivity contribution in [3.05, 3.63) is 35.4 Å². The molecule has 21 heavy (non-hydrogen) atoms. The zero-order valence-corrected chi connectivity index (χ0v) is 12.5. The van der Waals surface area contributed by atoms with Crippen LogP contribution in [0.2, 0.25) is 0 Å². The Morgan fingerprint density at radius 1 is 1.24 bits per heavy atom. The highest BCUT2D eigenvalue weighted by atomic mass is 16.1. The molecule has 1 atom stereocenters. The van der Waals surface area contributed by atoms with Gasteiger partial charge in [-0.3, -0.25) is 4.79 Å². The lowest BCUT2D eigenvalue weighted by molar-refractivity contribution is -0.121. The summed E-state index contributed by atoms with van der Waals surface area (Å²) >= 11 is 0. The van der Waals surface area contributed by atoms with Crippen molar-refractivity contribution < 1.29 is 4.79 Å². The van der Waals surface area contributed by atoms with Crippen LogP contribution in [-0.2, 0) is 10.2 Å². The number of hydrogen-bond donors (Lipinski definition) is 2. The zero-order valence-electron chi connectivity index (χ0n) is 12.5. The van der Waals surface area contributed by atoms with E-state index in [9.17, 15) is 4.79 Å². The lowest BCUT2D eigenvalue weighted by Crippen LogP contribution is -2.38. The maximum absolute atomic E-state index is 12.2. The van der Waals surface area contributed by atoms with Gasteiger partial charge >= 0.3 is 0 Å². The third-order valence-electron chi connectivity index (χ3n) is 5.54. The molecule has 1 aromatic rings. The molecule has 1 amide bonds. The molecule has 1 heterocycles. The first-order valence-electron chi connectivity index (χ1n) is 8.36. The molecule has 2 N–H and O–H groups in total. The molecule has 0 aromatic heterocycles. The minimum Gasteiger partial charge on any atom is -0.353 e. The Morgan fingerprint density at radius 2 is 2.00 bits per heavy atom. The Morgan fingerprint density at radius 3 is 2.76 bits per heavy atom. The molecule has 1 aromatic carbocycles. The number of benzene rings is 1. The minimum atomic E-state index is 0.253. The molecule has 1 saturated heterocycles. The molecule has 3 aliphatic rings. The Balaban J connectivity index is 1.56. The van der Waals surface area contributed by atoms with Crippen molar-refractivity contribution >= 4 is 5.91 Å². The smallest absolute Gasteiger partial charge is 0.220 e. The van der Waals surface area contributed by atoms with Gasteiger partial charge in [-0.1, -0.05) is 24.3 Å². The summed E-state index contributed by atoms with van der Waals surface area (Å²) in [5.41, 5.74) is 3.29. The van der Waals surface area contributed by atoms with E-state index in [2.05, 4.69) is 34.9 Å². The zero-order chi connectivity index (χ0) is 14.3. The second-order valence-corrected chi connectivity index (χ2v) is 7.06. The molecule has 2 aliphatic carbocycles. The first kappa shape index (κ1) is 13.3. The highest BCUT2D eigenvalue weighted by Crippen LogP contribution is 2.51. The number of hydrogen-bond acceptors (Lipinski definition) is 2. The molecule has 4 rings (SSSR count). The van der Waals surface area contributed by atoms with Gasteiger partial charge < -0.3 is 10.6 Å². The van der Waals surface area contributed by atoms with E-state index in [1.54, 1.807) is 0 Å². The molecular formula is C18H24N2O. The highest BCUT2D eigenvalue weighted by Gasteiger charge is 2.44. The van der Waals surface area contributed by atoms with Crippen molar-refractivity contribution in [2.75, 3.05) is 13.1 Å². The molecule has 1 spiro atoms. The maximum Gasteiger partial charge on any atom is 0.220 e. The number of piperidine rings is 1. The summed E-state index contributed by atoms with van der Waals surface area (Å²) in [5.74, 6) is 0.668. The average Bonchev–Trinajstić information content (AvgIpc) is 3.26. The van der Waals surface area contributed by atoms with Crippen LogP contribution in [0, 0.1) is 0 Å². The number of carbonyl (C=O) groups excluding carboxylic acids is 1. The minimum absolute atomic E-state index is 0.253. The van der Waals surface area contributed by atoms with E-state index in [-0.39, 0.29) is 5.91 Å². The van der Waals surface area contributed by atoms with Crippen molar-refractivity contribution in [2.45, 2.75) is 55.9 Å². The third kappa shape index (κ3) is 2.48. The van der Waals surface area contributed by atoms with Crippen molar-refractivity contribution in [1.29, 1.82) is 0 Å². The monoisotopic (exact) mass is 284 g/mol. The van der Waals surface area contributed by atoms with Crippen LogP contribution in [0.1, 0.15) is 55.6 Å². The first-order valence-corrected chi connectivity index (χ1v) is 8.36. The summed E-state index contributed by atoms with van der Waals surface area (Å²) in [6.07, 6.45) is 6.59. The molecule has 3 nitrogen and oxygen atoms in total. The van der Waals surface area contributed by atoms with E-state index in [0.29, 0.717) is 23.8 Å². The number of rotatable bonds is 3. The topological polar surface area (TPSA) is 41.1 Å². The molecule has 112 valence electrons. The molecule has 0 bridgehead atoms. The Hall–Kier alpha value is -1.35. The second-order valence-electron chi connectivity index (χ2n) is 7.06. The summed E-state index contributed by atoms with van der Waals surface area (Å²) in [7, 11) is 0. The first-order chi connectivity index (χ1) is 10.3. The largest absolute Gasteiger partial charge is 0.353 e. The van der Waals surface area contributed by atoms with Crippen LogP contribution < -0.4 is 10.6 Å². The van der Waals surface area contributed by atoms with E-state index < -0.39 is 0 Å². The fraction of sp³-hybridized carbons (Fsp3) is 0.611. The van der Waals surface area contributed by atoms with Gasteiger partial charge in [-0.2, -0.15) is 0 Å². The van der Waals surface area contributed by atoms with Crippen molar-refractivity contribution in [3.63, 3.8) is 0 Å². The fourth-order valence-electron chi connectivity index (χ4n) is 4.33.